The molecule has 0 atom stereocenters. The van der Waals surface area contributed by atoms with Crippen LogP contribution in [-0.2, 0) is 19.6 Å². The van der Waals surface area contributed by atoms with Crippen molar-refractivity contribution in [1.82, 2.24) is 14.5 Å². The summed E-state index contributed by atoms with van der Waals surface area (Å²) < 4.78 is 32.8. The second-order valence-electron chi connectivity index (χ2n) is 7.98. The minimum Gasteiger partial charge on any atom is -0.497 e. The Morgan fingerprint density at radius 3 is 2.68 bits per heavy atom. The average Bonchev–Trinajstić information content (AvgIpc) is 2.85. The third-order valence-electron chi connectivity index (χ3n) is 5.68. The number of fused-ring (bicyclic) bond motifs is 3. The van der Waals surface area contributed by atoms with Crippen LogP contribution in [-0.4, -0.2) is 21.6 Å². The SMILES string of the molecule is COc1ccc2c(c1)CCn1c-2cc(OCc2ccc(Oc3ccc(C)nc3)c(F)c2)nc1=O. The van der Waals surface area contributed by atoms with Crippen molar-refractivity contribution >= 4 is 0 Å². The van der Waals surface area contributed by atoms with Gasteiger partial charge < -0.3 is 14.2 Å². The number of nitrogens with zero attached hydrogens (tertiary/aromatic N) is 3. The molecule has 0 saturated heterocycles. The van der Waals surface area contributed by atoms with Gasteiger partial charge in [-0.3, -0.25) is 9.55 Å². The van der Waals surface area contributed by atoms with E-state index in [-0.39, 0.29) is 23.9 Å². The quantitative estimate of drug-likeness (QED) is 0.417. The van der Waals surface area contributed by atoms with Gasteiger partial charge >= 0.3 is 5.69 Å². The Bertz CT molecular complexity index is 1420. The van der Waals surface area contributed by atoms with Crippen molar-refractivity contribution in [3.05, 3.63) is 93.9 Å². The highest BCUT2D eigenvalue weighted by atomic mass is 19.1. The van der Waals surface area contributed by atoms with E-state index in [1.165, 1.54) is 12.1 Å². The summed E-state index contributed by atoms with van der Waals surface area (Å²) in [6.45, 7) is 2.44. The molecule has 34 heavy (non-hydrogen) atoms. The van der Waals surface area contributed by atoms with Crippen LogP contribution in [0, 0.1) is 12.7 Å². The summed E-state index contributed by atoms with van der Waals surface area (Å²) in [5.41, 5.74) is 3.82. The molecule has 3 heterocycles. The van der Waals surface area contributed by atoms with Gasteiger partial charge in [-0.05, 0) is 66.9 Å². The van der Waals surface area contributed by atoms with E-state index in [0.717, 1.165) is 28.3 Å². The molecule has 2 aromatic heterocycles. The normalized spacial score (nSPS) is 12.0. The van der Waals surface area contributed by atoms with Crippen LogP contribution in [0.5, 0.6) is 23.1 Å². The molecule has 0 spiro atoms. The molecule has 0 fully saturated rings. The van der Waals surface area contributed by atoms with Gasteiger partial charge in [0.2, 0.25) is 5.88 Å². The van der Waals surface area contributed by atoms with Gasteiger partial charge in [0.05, 0.1) is 19.0 Å². The summed E-state index contributed by atoms with van der Waals surface area (Å²) in [7, 11) is 1.63. The van der Waals surface area contributed by atoms with Crippen molar-refractivity contribution in [2.45, 2.75) is 26.5 Å². The molecule has 5 rings (SSSR count). The molecule has 0 aliphatic carbocycles. The fourth-order valence-electron chi connectivity index (χ4n) is 3.90. The van der Waals surface area contributed by atoms with Crippen LogP contribution in [0.15, 0.2) is 65.6 Å². The van der Waals surface area contributed by atoms with E-state index in [2.05, 4.69) is 9.97 Å². The summed E-state index contributed by atoms with van der Waals surface area (Å²) >= 11 is 0. The van der Waals surface area contributed by atoms with E-state index in [9.17, 15) is 9.18 Å². The van der Waals surface area contributed by atoms with Crippen LogP contribution in [0.25, 0.3) is 11.3 Å². The summed E-state index contributed by atoms with van der Waals surface area (Å²) in [6, 6.07) is 15.6. The third kappa shape index (κ3) is 4.34. The summed E-state index contributed by atoms with van der Waals surface area (Å²) in [5.74, 6) is 0.972. The molecule has 0 amide bonds. The van der Waals surface area contributed by atoms with Gasteiger partial charge in [-0.2, -0.15) is 4.98 Å². The first-order chi connectivity index (χ1) is 16.5. The van der Waals surface area contributed by atoms with Crippen LogP contribution in [0.3, 0.4) is 0 Å². The first-order valence-corrected chi connectivity index (χ1v) is 10.8. The van der Waals surface area contributed by atoms with Crippen molar-refractivity contribution in [3.63, 3.8) is 0 Å². The molecule has 0 radical (unpaired) electrons. The van der Waals surface area contributed by atoms with Gasteiger partial charge in [0.25, 0.3) is 0 Å². The fraction of sp³-hybridized carbons (Fsp3) is 0.192. The molecule has 172 valence electrons. The molecule has 0 bridgehead atoms. The maximum absolute atomic E-state index is 14.6. The number of benzene rings is 2. The number of methoxy groups -OCH3 is 1. The lowest BCUT2D eigenvalue weighted by atomic mass is 9.97. The Balaban J connectivity index is 1.33. The highest BCUT2D eigenvalue weighted by Crippen LogP contribution is 2.32. The fourth-order valence-corrected chi connectivity index (χ4v) is 3.90. The monoisotopic (exact) mass is 459 g/mol. The van der Waals surface area contributed by atoms with Crippen LogP contribution < -0.4 is 19.9 Å². The van der Waals surface area contributed by atoms with Crippen molar-refractivity contribution in [2.75, 3.05) is 7.11 Å². The Morgan fingerprint density at radius 1 is 1.06 bits per heavy atom. The van der Waals surface area contributed by atoms with Crippen molar-refractivity contribution in [2.24, 2.45) is 0 Å². The lowest BCUT2D eigenvalue weighted by Gasteiger charge is -2.22. The van der Waals surface area contributed by atoms with Crippen molar-refractivity contribution in [1.29, 1.82) is 0 Å². The summed E-state index contributed by atoms with van der Waals surface area (Å²) in [5, 5.41) is 0. The van der Waals surface area contributed by atoms with Gasteiger partial charge in [-0.15, -0.1) is 0 Å². The molecule has 1 aliphatic rings. The predicted molar refractivity (Wildman–Crippen MR) is 124 cm³/mol. The van der Waals surface area contributed by atoms with E-state index in [1.54, 1.807) is 42.1 Å². The zero-order valence-corrected chi connectivity index (χ0v) is 18.7. The van der Waals surface area contributed by atoms with Gasteiger partial charge in [-0.1, -0.05) is 6.07 Å². The number of hydrogen-bond donors (Lipinski definition) is 0. The standard InChI is InChI=1S/C26H22FN3O4/c1-16-3-5-20(14-28-16)34-24-8-4-17(11-22(24)27)15-33-25-13-23-21-7-6-19(32-2)12-18(21)9-10-30(23)26(31)29-25/h3-8,11-14H,9-10,15H2,1-2H3. The van der Waals surface area contributed by atoms with Crippen molar-refractivity contribution < 1.29 is 18.6 Å². The Morgan fingerprint density at radius 2 is 1.91 bits per heavy atom. The van der Waals surface area contributed by atoms with Crippen LogP contribution in [0.1, 0.15) is 16.8 Å². The lowest BCUT2D eigenvalue weighted by Crippen LogP contribution is -2.28. The minimum absolute atomic E-state index is 0.0502. The second kappa shape index (κ2) is 8.97. The number of aromatic nitrogens is 3. The Kier molecular flexibility index (Phi) is 5.71. The number of ether oxygens (including phenoxy) is 3. The van der Waals surface area contributed by atoms with E-state index >= 15 is 0 Å². The van der Waals surface area contributed by atoms with Crippen molar-refractivity contribution in [3.8, 4) is 34.4 Å². The molecule has 0 saturated carbocycles. The van der Waals surface area contributed by atoms with E-state index in [4.69, 9.17) is 14.2 Å². The Hall–Kier alpha value is -4.20. The second-order valence-corrected chi connectivity index (χ2v) is 7.98. The van der Waals surface area contributed by atoms with E-state index < -0.39 is 5.82 Å². The third-order valence-corrected chi connectivity index (χ3v) is 5.68. The predicted octanol–water partition coefficient (Wildman–Crippen LogP) is 4.69. The highest BCUT2D eigenvalue weighted by molar-refractivity contribution is 5.67. The van der Waals surface area contributed by atoms with E-state index in [0.29, 0.717) is 24.3 Å². The van der Waals surface area contributed by atoms with Crippen LogP contribution in [0.2, 0.25) is 0 Å². The average molecular weight is 459 g/mol. The van der Waals surface area contributed by atoms with Crippen LogP contribution in [0.4, 0.5) is 4.39 Å². The van der Waals surface area contributed by atoms with Gasteiger partial charge in [0.1, 0.15) is 18.1 Å². The topological polar surface area (TPSA) is 75.5 Å². The largest absolute Gasteiger partial charge is 0.497 e. The number of hydrogen-bond acceptors (Lipinski definition) is 6. The summed E-state index contributed by atoms with van der Waals surface area (Å²) in [4.78, 5) is 20.8. The maximum Gasteiger partial charge on any atom is 0.351 e. The first kappa shape index (κ1) is 21.6. The molecule has 2 aromatic carbocycles. The molecule has 8 heteroatoms. The molecule has 7 nitrogen and oxygen atoms in total. The van der Waals surface area contributed by atoms with E-state index in [1.807, 2.05) is 25.1 Å². The molecular formula is C26H22FN3O4. The zero-order valence-electron chi connectivity index (χ0n) is 18.7. The number of rotatable bonds is 6. The maximum atomic E-state index is 14.6. The molecule has 4 aromatic rings. The smallest absolute Gasteiger partial charge is 0.351 e. The van der Waals surface area contributed by atoms with Crippen LogP contribution >= 0.6 is 0 Å². The highest BCUT2D eigenvalue weighted by Gasteiger charge is 2.20. The zero-order chi connectivity index (χ0) is 23.7. The van der Waals surface area contributed by atoms with Gasteiger partial charge in [-0.25, -0.2) is 9.18 Å². The first-order valence-electron chi connectivity index (χ1n) is 10.8. The molecule has 1 aliphatic heterocycles. The molecule has 0 N–H and O–H groups in total. The lowest BCUT2D eigenvalue weighted by molar-refractivity contribution is 0.290. The minimum atomic E-state index is -0.525. The molecule has 0 unspecified atom stereocenters. The Labute approximate surface area is 195 Å². The number of halogens is 1. The van der Waals surface area contributed by atoms with Gasteiger partial charge in [0.15, 0.2) is 11.6 Å². The molecular weight excluding hydrogens is 437 g/mol. The number of pyridine rings is 1. The number of aryl methyl sites for hydroxylation is 2. The summed E-state index contributed by atoms with van der Waals surface area (Å²) in [6.07, 6.45) is 2.26. The van der Waals surface area contributed by atoms with Gasteiger partial charge in [0, 0.05) is 23.9 Å².